The second kappa shape index (κ2) is 6.45. The Morgan fingerprint density at radius 1 is 1.00 bits per heavy atom. The van der Waals surface area contributed by atoms with Crippen molar-refractivity contribution >= 4 is 10.9 Å². The van der Waals surface area contributed by atoms with Gasteiger partial charge in [-0.05, 0) is 67.7 Å². The minimum absolute atomic E-state index is 0.271. The molecule has 0 aliphatic heterocycles. The predicted molar refractivity (Wildman–Crippen MR) is 101 cm³/mol. The molecule has 3 N–H and O–H groups in total. The van der Waals surface area contributed by atoms with Crippen LogP contribution in [0, 0.1) is 5.41 Å². The van der Waals surface area contributed by atoms with E-state index in [1.807, 2.05) is 0 Å². The van der Waals surface area contributed by atoms with E-state index in [2.05, 4.69) is 59.6 Å². The molecule has 2 heteroatoms. The first-order valence-corrected chi connectivity index (χ1v) is 9.12. The molecule has 0 amide bonds. The Kier molecular flexibility index (Phi) is 4.15. The lowest BCUT2D eigenvalue weighted by molar-refractivity contribution is 0.229. The van der Waals surface area contributed by atoms with Gasteiger partial charge in [-0.2, -0.15) is 0 Å². The highest BCUT2D eigenvalue weighted by molar-refractivity contribution is 5.85. The van der Waals surface area contributed by atoms with Crippen molar-refractivity contribution in [3.63, 3.8) is 0 Å². The molecule has 2 nitrogen and oxygen atoms in total. The highest BCUT2D eigenvalue weighted by Gasteiger charge is 2.34. The number of aromatic nitrogens is 1. The minimum Gasteiger partial charge on any atom is -0.358 e. The summed E-state index contributed by atoms with van der Waals surface area (Å²) < 4.78 is 0. The van der Waals surface area contributed by atoms with E-state index in [0.29, 0.717) is 0 Å². The predicted octanol–water partition coefficient (Wildman–Crippen LogP) is 4.62. The summed E-state index contributed by atoms with van der Waals surface area (Å²) in [4.78, 5) is 3.62. The monoisotopic (exact) mass is 318 g/mol. The minimum atomic E-state index is 0.271. The van der Waals surface area contributed by atoms with Gasteiger partial charge < -0.3 is 10.7 Å². The average Bonchev–Trinajstić information content (AvgIpc) is 3.00. The maximum atomic E-state index is 6.28. The van der Waals surface area contributed by atoms with E-state index in [0.717, 1.165) is 25.8 Å². The molecule has 0 bridgehead atoms. The Labute approximate surface area is 144 Å². The van der Waals surface area contributed by atoms with Gasteiger partial charge in [-0.1, -0.05) is 48.5 Å². The highest BCUT2D eigenvalue weighted by atomic mass is 14.7. The molecule has 0 saturated heterocycles. The molecular weight excluding hydrogens is 292 g/mol. The fraction of sp³-hybridized carbons (Fsp3) is 0.364. The molecule has 0 spiro atoms. The van der Waals surface area contributed by atoms with E-state index < -0.39 is 0 Å². The van der Waals surface area contributed by atoms with Gasteiger partial charge in [0.05, 0.1) is 0 Å². The number of benzene rings is 2. The summed E-state index contributed by atoms with van der Waals surface area (Å²) in [6.45, 7) is 0.792. The summed E-state index contributed by atoms with van der Waals surface area (Å²) in [5, 5.41) is 1.40. The van der Waals surface area contributed by atoms with E-state index in [1.54, 1.807) is 0 Å². The zero-order valence-corrected chi connectivity index (χ0v) is 14.2. The fourth-order valence-electron chi connectivity index (χ4n) is 4.33. The van der Waals surface area contributed by atoms with E-state index in [-0.39, 0.29) is 5.41 Å². The molecule has 1 aromatic heterocycles. The smallest absolute Gasteiger partial charge is 0.0458 e. The zero-order valence-electron chi connectivity index (χ0n) is 14.2. The molecule has 124 valence electrons. The molecule has 1 heterocycles. The molecule has 0 fully saturated rings. The van der Waals surface area contributed by atoms with Gasteiger partial charge >= 0.3 is 0 Å². The standard InChI is InChI=1S/C22H26N2/c23-16-22(13-6-9-17-7-2-1-3-8-17)14-12-21-19(15-22)18-10-4-5-11-20(18)24-21/h1-5,7-8,10-11,24H,6,9,12-16,23H2. The van der Waals surface area contributed by atoms with Gasteiger partial charge in [-0.25, -0.2) is 0 Å². The van der Waals surface area contributed by atoms with Gasteiger partial charge in [-0.3, -0.25) is 0 Å². The fourth-order valence-corrected chi connectivity index (χ4v) is 4.33. The van der Waals surface area contributed by atoms with Crippen molar-refractivity contribution in [2.75, 3.05) is 6.54 Å². The maximum Gasteiger partial charge on any atom is 0.0458 e. The Balaban J connectivity index is 1.51. The van der Waals surface area contributed by atoms with Gasteiger partial charge in [0.2, 0.25) is 0 Å². The summed E-state index contributed by atoms with van der Waals surface area (Å²) in [7, 11) is 0. The average molecular weight is 318 g/mol. The van der Waals surface area contributed by atoms with Crippen LogP contribution in [-0.2, 0) is 19.3 Å². The summed E-state index contributed by atoms with van der Waals surface area (Å²) in [6.07, 6.45) is 7.06. The third kappa shape index (κ3) is 2.87. The van der Waals surface area contributed by atoms with Crippen molar-refractivity contribution in [1.29, 1.82) is 0 Å². The van der Waals surface area contributed by atoms with Gasteiger partial charge in [0.15, 0.2) is 0 Å². The van der Waals surface area contributed by atoms with Crippen LogP contribution in [0.5, 0.6) is 0 Å². The lowest BCUT2D eigenvalue weighted by Crippen LogP contribution is -2.36. The quantitative estimate of drug-likeness (QED) is 0.708. The summed E-state index contributed by atoms with van der Waals surface area (Å²) in [6, 6.07) is 19.5. The number of nitrogens with two attached hydrogens (primary N) is 1. The first kappa shape index (κ1) is 15.5. The van der Waals surface area contributed by atoms with Crippen molar-refractivity contribution < 1.29 is 0 Å². The number of rotatable bonds is 5. The molecule has 2 aromatic carbocycles. The molecule has 0 saturated carbocycles. The molecule has 1 unspecified atom stereocenters. The zero-order chi connectivity index (χ0) is 16.4. The van der Waals surface area contributed by atoms with Crippen molar-refractivity contribution in [2.24, 2.45) is 11.1 Å². The number of hydrogen-bond acceptors (Lipinski definition) is 1. The Bertz CT molecular complexity index is 818. The van der Waals surface area contributed by atoms with Crippen LogP contribution in [0.4, 0.5) is 0 Å². The molecule has 1 aliphatic rings. The maximum absolute atomic E-state index is 6.28. The number of aryl methyl sites for hydroxylation is 2. The number of hydrogen-bond donors (Lipinski definition) is 2. The Morgan fingerprint density at radius 2 is 1.79 bits per heavy atom. The van der Waals surface area contributed by atoms with Crippen LogP contribution in [0.2, 0.25) is 0 Å². The van der Waals surface area contributed by atoms with Gasteiger partial charge in [0, 0.05) is 16.6 Å². The molecular formula is C22H26N2. The first-order valence-electron chi connectivity index (χ1n) is 9.12. The first-order chi connectivity index (χ1) is 11.8. The van der Waals surface area contributed by atoms with Crippen molar-refractivity contribution in [1.82, 2.24) is 4.98 Å². The van der Waals surface area contributed by atoms with Crippen LogP contribution >= 0.6 is 0 Å². The molecule has 4 rings (SSSR count). The van der Waals surface area contributed by atoms with E-state index in [9.17, 15) is 0 Å². The summed E-state index contributed by atoms with van der Waals surface area (Å²) in [5.74, 6) is 0. The van der Waals surface area contributed by atoms with E-state index >= 15 is 0 Å². The number of H-pyrrole nitrogens is 1. The Hall–Kier alpha value is -2.06. The molecule has 24 heavy (non-hydrogen) atoms. The number of fused-ring (bicyclic) bond motifs is 3. The van der Waals surface area contributed by atoms with Crippen LogP contribution in [-0.4, -0.2) is 11.5 Å². The largest absolute Gasteiger partial charge is 0.358 e. The van der Waals surface area contributed by atoms with Crippen LogP contribution < -0.4 is 5.73 Å². The molecule has 1 atom stereocenters. The second-order valence-corrected chi connectivity index (χ2v) is 7.35. The van der Waals surface area contributed by atoms with Gasteiger partial charge in [-0.15, -0.1) is 0 Å². The number of nitrogens with one attached hydrogen (secondary N) is 1. The van der Waals surface area contributed by atoms with Crippen LogP contribution in [0.15, 0.2) is 54.6 Å². The van der Waals surface area contributed by atoms with Gasteiger partial charge in [0.1, 0.15) is 0 Å². The molecule has 3 aromatic rings. The third-order valence-corrected chi connectivity index (χ3v) is 5.81. The van der Waals surface area contributed by atoms with Crippen molar-refractivity contribution in [3.05, 3.63) is 71.4 Å². The summed E-state index contributed by atoms with van der Waals surface area (Å²) >= 11 is 0. The number of para-hydroxylation sites is 1. The van der Waals surface area contributed by atoms with Gasteiger partial charge in [0.25, 0.3) is 0 Å². The SMILES string of the molecule is NCC1(CCCc2ccccc2)CCc2[nH]c3ccccc3c2C1. The molecule has 0 radical (unpaired) electrons. The normalized spacial score (nSPS) is 20.2. The second-order valence-electron chi connectivity index (χ2n) is 7.35. The highest BCUT2D eigenvalue weighted by Crippen LogP contribution is 2.41. The van der Waals surface area contributed by atoms with E-state index in [1.165, 1.54) is 47.0 Å². The van der Waals surface area contributed by atoms with Crippen LogP contribution in [0.3, 0.4) is 0 Å². The summed E-state index contributed by atoms with van der Waals surface area (Å²) in [5.41, 5.74) is 12.2. The topological polar surface area (TPSA) is 41.8 Å². The lowest BCUT2D eigenvalue weighted by atomic mass is 9.70. The van der Waals surface area contributed by atoms with Crippen molar-refractivity contribution in [2.45, 2.75) is 38.5 Å². The molecule has 1 aliphatic carbocycles. The van der Waals surface area contributed by atoms with Crippen molar-refractivity contribution in [3.8, 4) is 0 Å². The third-order valence-electron chi connectivity index (χ3n) is 5.81. The van der Waals surface area contributed by atoms with Crippen LogP contribution in [0.1, 0.15) is 36.1 Å². The van der Waals surface area contributed by atoms with Crippen LogP contribution in [0.25, 0.3) is 10.9 Å². The Morgan fingerprint density at radius 3 is 2.62 bits per heavy atom. The lowest BCUT2D eigenvalue weighted by Gasteiger charge is -2.36. The van der Waals surface area contributed by atoms with E-state index in [4.69, 9.17) is 5.73 Å². The number of aromatic amines is 1.